The minimum atomic E-state index is -0.795. The molecular formula is C27H33NO7. The van der Waals surface area contributed by atoms with E-state index in [0.717, 1.165) is 6.42 Å². The maximum atomic E-state index is 13.2. The molecule has 1 heterocycles. The van der Waals surface area contributed by atoms with Crippen molar-refractivity contribution in [1.29, 1.82) is 0 Å². The van der Waals surface area contributed by atoms with Crippen LogP contribution in [-0.2, 0) is 14.3 Å². The second-order valence-electron chi connectivity index (χ2n) is 8.06. The Morgan fingerprint density at radius 3 is 2.49 bits per heavy atom. The summed E-state index contributed by atoms with van der Waals surface area (Å²) in [6.07, 6.45) is 1.37. The average Bonchev–Trinajstić information content (AvgIpc) is 3.12. The standard InChI is InChI=1S/C27H33NO7/c1-5-14-35-20-10-7-9-19(16-20)25(29)23-24(28(13-8-15-32-3)27(31)26(23)30)18-11-12-21(34-6-2)22(17-18)33-4/h7,9-12,16-17,24,29H,5-6,8,13-15H2,1-4H3/b25-23+. The summed E-state index contributed by atoms with van der Waals surface area (Å²) in [6, 6.07) is 11.3. The van der Waals surface area contributed by atoms with E-state index in [2.05, 4.69) is 0 Å². The molecule has 0 saturated carbocycles. The maximum Gasteiger partial charge on any atom is 0.295 e. The highest BCUT2D eigenvalue weighted by Crippen LogP contribution is 2.42. The number of likely N-dealkylation sites (tertiary alicyclic amines) is 1. The molecule has 1 N–H and O–H groups in total. The summed E-state index contributed by atoms with van der Waals surface area (Å²) in [6.45, 7) is 5.58. The molecule has 3 rings (SSSR count). The van der Waals surface area contributed by atoms with E-state index in [-0.39, 0.29) is 17.9 Å². The monoisotopic (exact) mass is 483 g/mol. The zero-order chi connectivity index (χ0) is 25.4. The lowest BCUT2D eigenvalue weighted by Gasteiger charge is -2.26. The first-order valence-corrected chi connectivity index (χ1v) is 11.8. The molecule has 1 aliphatic heterocycles. The van der Waals surface area contributed by atoms with Gasteiger partial charge >= 0.3 is 0 Å². The topological polar surface area (TPSA) is 94.5 Å². The molecule has 188 valence electrons. The molecule has 0 aromatic heterocycles. The second kappa shape index (κ2) is 12.3. The molecule has 8 heteroatoms. The Hall–Kier alpha value is -3.52. The zero-order valence-electron chi connectivity index (χ0n) is 20.7. The molecule has 1 amide bonds. The molecule has 0 radical (unpaired) electrons. The molecule has 2 aromatic rings. The fourth-order valence-electron chi connectivity index (χ4n) is 4.07. The summed E-state index contributed by atoms with van der Waals surface area (Å²) in [7, 11) is 3.11. The lowest BCUT2D eigenvalue weighted by molar-refractivity contribution is -0.140. The minimum Gasteiger partial charge on any atom is -0.507 e. The lowest BCUT2D eigenvalue weighted by atomic mass is 9.95. The molecule has 35 heavy (non-hydrogen) atoms. The number of nitrogens with zero attached hydrogens (tertiary/aromatic N) is 1. The van der Waals surface area contributed by atoms with Crippen LogP contribution < -0.4 is 14.2 Å². The van der Waals surface area contributed by atoms with E-state index in [1.165, 1.54) is 12.0 Å². The van der Waals surface area contributed by atoms with Gasteiger partial charge in [-0.05, 0) is 49.6 Å². The highest BCUT2D eigenvalue weighted by Gasteiger charge is 2.46. The fraction of sp³-hybridized carbons (Fsp3) is 0.407. The third-order valence-corrected chi connectivity index (χ3v) is 5.67. The van der Waals surface area contributed by atoms with Crippen molar-refractivity contribution in [3.63, 3.8) is 0 Å². The predicted octanol–water partition coefficient (Wildman–Crippen LogP) is 4.34. The third-order valence-electron chi connectivity index (χ3n) is 5.67. The number of carbonyl (C=O) groups excluding carboxylic acids is 2. The van der Waals surface area contributed by atoms with Crippen LogP contribution in [0, 0.1) is 0 Å². The number of carbonyl (C=O) groups is 2. The van der Waals surface area contributed by atoms with E-state index in [4.69, 9.17) is 18.9 Å². The van der Waals surface area contributed by atoms with E-state index in [1.54, 1.807) is 49.6 Å². The molecule has 1 saturated heterocycles. The van der Waals surface area contributed by atoms with Crippen molar-refractivity contribution >= 4 is 17.4 Å². The van der Waals surface area contributed by atoms with Gasteiger partial charge in [-0.3, -0.25) is 9.59 Å². The Bertz CT molecular complexity index is 1080. The van der Waals surface area contributed by atoms with Crippen molar-refractivity contribution < 1.29 is 33.6 Å². The van der Waals surface area contributed by atoms with E-state index in [1.807, 2.05) is 13.8 Å². The molecule has 8 nitrogen and oxygen atoms in total. The second-order valence-corrected chi connectivity index (χ2v) is 8.06. The Kier molecular flexibility index (Phi) is 9.14. The number of Topliss-reactive ketones (excluding diaryl/α,β-unsaturated/α-hetero) is 1. The van der Waals surface area contributed by atoms with Gasteiger partial charge in [-0.1, -0.05) is 25.1 Å². The Morgan fingerprint density at radius 1 is 1.00 bits per heavy atom. The van der Waals surface area contributed by atoms with Gasteiger partial charge in [0.2, 0.25) is 0 Å². The van der Waals surface area contributed by atoms with E-state index in [9.17, 15) is 14.7 Å². The predicted molar refractivity (Wildman–Crippen MR) is 132 cm³/mol. The quantitative estimate of drug-likeness (QED) is 0.208. The van der Waals surface area contributed by atoms with Crippen molar-refractivity contribution in [2.24, 2.45) is 0 Å². The summed E-state index contributed by atoms with van der Waals surface area (Å²) in [4.78, 5) is 27.7. The SMILES string of the molecule is CCCOc1cccc(/C(O)=C2\C(=O)C(=O)N(CCCOC)C2c2ccc(OCC)c(OC)c2)c1. The first-order chi connectivity index (χ1) is 17.0. The summed E-state index contributed by atoms with van der Waals surface area (Å²) >= 11 is 0. The highest BCUT2D eigenvalue weighted by atomic mass is 16.5. The van der Waals surface area contributed by atoms with E-state index >= 15 is 0 Å². The first-order valence-electron chi connectivity index (χ1n) is 11.8. The molecule has 0 spiro atoms. The summed E-state index contributed by atoms with van der Waals surface area (Å²) < 4.78 is 21.9. The van der Waals surface area contributed by atoms with Crippen molar-refractivity contribution in [3.05, 3.63) is 59.2 Å². The van der Waals surface area contributed by atoms with Crippen LogP contribution in [0.25, 0.3) is 5.76 Å². The van der Waals surface area contributed by atoms with Crippen molar-refractivity contribution in [2.75, 3.05) is 40.6 Å². The fourth-order valence-corrected chi connectivity index (χ4v) is 4.07. The molecule has 1 fully saturated rings. The van der Waals surface area contributed by atoms with Crippen LogP contribution in [0.1, 0.15) is 43.9 Å². The number of ether oxygens (including phenoxy) is 4. The van der Waals surface area contributed by atoms with Gasteiger partial charge in [-0.2, -0.15) is 0 Å². The van der Waals surface area contributed by atoms with Crippen LogP contribution in [0.4, 0.5) is 0 Å². The highest BCUT2D eigenvalue weighted by molar-refractivity contribution is 6.46. The van der Waals surface area contributed by atoms with Crippen LogP contribution in [0.3, 0.4) is 0 Å². The molecular weight excluding hydrogens is 450 g/mol. The maximum absolute atomic E-state index is 13.2. The normalized spacial score (nSPS) is 17.0. The van der Waals surface area contributed by atoms with Crippen LogP contribution in [0.5, 0.6) is 17.2 Å². The van der Waals surface area contributed by atoms with Gasteiger partial charge in [-0.15, -0.1) is 0 Å². The number of rotatable bonds is 12. The van der Waals surface area contributed by atoms with Gasteiger partial charge in [0.15, 0.2) is 11.5 Å². The Labute approximate surface area is 206 Å². The third kappa shape index (κ3) is 5.77. The number of aliphatic hydroxyl groups is 1. The van der Waals surface area contributed by atoms with Crippen molar-refractivity contribution in [2.45, 2.75) is 32.7 Å². The van der Waals surface area contributed by atoms with Gasteiger partial charge in [-0.25, -0.2) is 0 Å². The number of amides is 1. The van der Waals surface area contributed by atoms with E-state index in [0.29, 0.717) is 54.6 Å². The summed E-state index contributed by atoms with van der Waals surface area (Å²) in [5, 5.41) is 11.3. The van der Waals surface area contributed by atoms with Gasteiger partial charge < -0.3 is 29.0 Å². The van der Waals surface area contributed by atoms with Gasteiger partial charge in [0.05, 0.1) is 31.9 Å². The number of hydrogen-bond donors (Lipinski definition) is 1. The van der Waals surface area contributed by atoms with Crippen LogP contribution in [-0.4, -0.2) is 62.3 Å². The van der Waals surface area contributed by atoms with Crippen molar-refractivity contribution in [3.8, 4) is 17.2 Å². The summed E-state index contributed by atoms with van der Waals surface area (Å²) in [5.41, 5.74) is 1.05. The van der Waals surface area contributed by atoms with Gasteiger partial charge in [0.1, 0.15) is 11.5 Å². The molecule has 0 aliphatic carbocycles. The van der Waals surface area contributed by atoms with Crippen molar-refractivity contribution in [1.82, 2.24) is 4.90 Å². The van der Waals surface area contributed by atoms with Gasteiger partial charge in [0, 0.05) is 25.8 Å². The van der Waals surface area contributed by atoms with Crippen LogP contribution in [0.2, 0.25) is 0 Å². The molecule has 1 unspecified atom stereocenters. The molecule has 0 bridgehead atoms. The molecule has 1 atom stereocenters. The largest absolute Gasteiger partial charge is 0.507 e. The Morgan fingerprint density at radius 2 is 1.80 bits per heavy atom. The first kappa shape index (κ1) is 26.1. The van der Waals surface area contributed by atoms with Crippen LogP contribution in [0.15, 0.2) is 48.0 Å². The molecule has 1 aliphatic rings. The molecule has 2 aromatic carbocycles. The number of methoxy groups -OCH3 is 2. The van der Waals surface area contributed by atoms with Crippen LogP contribution >= 0.6 is 0 Å². The summed E-state index contributed by atoms with van der Waals surface area (Å²) in [5.74, 6) is -0.0592. The number of aliphatic hydroxyl groups excluding tert-OH is 1. The zero-order valence-corrected chi connectivity index (χ0v) is 20.7. The average molecular weight is 484 g/mol. The minimum absolute atomic E-state index is 0.0197. The lowest BCUT2D eigenvalue weighted by Crippen LogP contribution is -2.31. The number of ketones is 1. The number of hydrogen-bond acceptors (Lipinski definition) is 7. The Balaban J connectivity index is 2.12. The smallest absolute Gasteiger partial charge is 0.295 e. The number of benzene rings is 2. The van der Waals surface area contributed by atoms with Gasteiger partial charge in [0.25, 0.3) is 11.7 Å². The van der Waals surface area contributed by atoms with E-state index < -0.39 is 17.7 Å².